The lowest BCUT2D eigenvalue weighted by atomic mass is 10.1. The summed E-state index contributed by atoms with van der Waals surface area (Å²) < 4.78 is 14.6. The Bertz CT molecular complexity index is 905. The van der Waals surface area contributed by atoms with E-state index in [0.29, 0.717) is 10.8 Å². The van der Waals surface area contributed by atoms with E-state index in [1.807, 2.05) is 32.0 Å². The van der Waals surface area contributed by atoms with Crippen molar-refractivity contribution in [1.82, 2.24) is 20.2 Å². The molecular weight excluding hydrogens is 353 g/mol. The third kappa shape index (κ3) is 3.91. The van der Waals surface area contributed by atoms with E-state index in [9.17, 15) is 9.18 Å². The van der Waals surface area contributed by atoms with Crippen LogP contribution in [0.3, 0.4) is 0 Å². The molecule has 1 N–H and O–H groups in total. The summed E-state index contributed by atoms with van der Waals surface area (Å²) in [7, 11) is 0. The predicted molar refractivity (Wildman–Crippen MR) is 99.0 cm³/mol. The number of carbonyl (C=O) groups excluding carboxylic acids is 1. The molecule has 3 rings (SSSR count). The van der Waals surface area contributed by atoms with E-state index in [-0.39, 0.29) is 11.7 Å². The molecule has 2 aromatic carbocycles. The number of para-hydroxylation sites is 1. The Morgan fingerprint density at radius 3 is 2.46 bits per heavy atom. The van der Waals surface area contributed by atoms with Crippen molar-refractivity contribution in [3.8, 4) is 5.69 Å². The van der Waals surface area contributed by atoms with Gasteiger partial charge < -0.3 is 5.32 Å². The molecule has 1 heterocycles. The SMILES string of the molecule is Cc1cccc(C)c1-n1nnnc1S[C@@H](C)C(=O)Nc1ccc(F)cc1. The quantitative estimate of drug-likeness (QED) is 0.695. The second kappa shape index (κ2) is 7.65. The zero-order chi connectivity index (χ0) is 18.7. The fourth-order valence-electron chi connectivity index (χ4n) is 2.52. The molecule has 0 bridgehead atoms. The molecule has 3 aromatic rings. The molecule has 0 aliphatic heterocycles. The number of halogens is 1. The van der Waals surface area contributed by atoms with Gasteiger partial charge in [0.1, 0.15) is 5.82 Å². The average Bonchev–Trinajstić information content (AvgIpc) is 3.04. The highest BCUT2D eigenvalue weighted by atomic mass is 32.2. The van der Waals surface area contributed by atoms with Gasteiger partial charge in [0.05, 0.1) is 10.9 Å². The molecular formula is C18H18FN5OS. The summed E-state index contributed by atoms with van der Waals surface area (Å²) in [6.07, 6.45) is 0. The molecule has 6 nitrogen and oxygen atoms in total. The van der Waals surface area contributed by atoms with Gasteiger partial charge in [-0.05, 0) is 66.6 Å². The van der Waals surface area contributed by atoms with Crippen molar-refractivity contribution in [2.45, 2.75) is 31.2 Å². The van der Waals surface area contributed by atoms with E-state index in [1.54, 1.807) is 11.6 Å². The minimum Gasteiger partial charge on any atom is -0.325 e. The molecule has 0 aliphatic rings. The number of hydrogen-bond acceptors (Lipinski definition) is 5. The van der Waals surface area contributed by atoms with Crippen LogP contribution in [-0.2, 0) is 4.79 Å². The first-order chi connectivity index (χ1) is 12.5. The highest BCUT2D eigenvalue weighted by Crippen LogP contribution is 2.26. The lowest BCUT2D eigenvalue weighted by molar-refractivity contribution is -0.115. The number of tetrazole rings is 1. The zero-order valence-electron chi connectivity index (χ0n) is 14.6. The van der Waals surface area contributed by atoms with E-state index < -0.39 is 5.25 Å². The maximum atomic E-state index is 13.0. The molecule has 8 heteroatoms. The first-order valence-corrected chi connectivity index (χ1v) is 8.91. The number of hydrogen-bond donors (Lipinski definition) is 1. The predicted octanol–water partition coefficient (Wildman–Crippen LogP) is 3.54. The minimum atomic E-state index is -0.436. The summed E-state index contributed by atoms with van der Waals surface area (Å²) in [6.45, 7) is 5.75. The first kappa shape index (κ1) is 18.1. The Morgan fingerprint density at radius 2 is 1.81 bits per heavy atom. The molecule has 0 aliphatic carbocycles. The zero-order valence-corrected chi connectivity index (χ0v) is 15.4. The van der Waals surface area contributed by atoms with E-state index in [4.69, 9.17) is 0 Å². The first-order valence-electron chi connectivity index (χ1n) is 8.04. The number of benzene rings is 2. The molecule has 1 aromatic heterocycles. The molecule has 0 radical (unpaired) electrons. The Morgan fingerprint density at radius 1 is 1.15 bits per heavy atom. The molecule has 0 saturated heterocycles. The standard InChI is InChI=1S/C18H18FN5OS/c1-11-5-4-6-12(2)16(11)24-18(21-22-23-24)26-13(3)17(25)20-15-9-7-14(19)8-10-15/h4-10,13H,1-3H3,(H,20,25)/t13-/m0/s1. The van der Waals surface area contributed by atoms with Gasteiger partial charge in [-0.1, -0.05) is 30.0 Å². The van der Waals surface area contributed by atoms with Crippen LogP contribution in [0, 0.1) is 19.7 Å². The van der Waals surface area contributed by atoms with Crippen LogP contribution in [0.2, 0.25) is 0 Å². The van der Waals surface area contributed by atoms with Gasteiger partial charge in [-0.15, -0.1) is 5.10 Å². The van der Waals surface area contributed by atoms with Crippen molar-refractivity contribution in [3.05, 3.63) is 59.4 Å². The summed E-state index contributed by atoms with van der Waals surface area (Å²) in [5.74, 6) is -0.559. The molecule has 0 fully saturated rings. The van der Waals surface area contributed by atoms with Crippen molar-refractivity contribution in [3.63, 3.8) is 0 Å². The number of aryl methyl sites for hydroxylation is 2. The fourth-order valence-corrected chi connectivity index (χ4v) is 3.31. The van der Waals surface area contributed by atoms with Crippen molar-refractivity contribution < 1.29 is 9.18 Å². The molecule has 0 spiro atoms. The third-order valence-electron chi connectivity index (χ3n) is 3.86. The van der Waals surface area contributed by atoms with E-state index in [2.05, 4.69) is 20.8 Å². The Hall–Kier alpha value is -2.74. The highest BCUT2D eigenvalue weighted by Gasteiger charge is 2.20. The lowest BCUT2D eigenvalue weighted by Crippen LogP contribution is -2.23. The summed E-state index contributed by atoms with van der Waals surface area (Å²) in [4.78, 5) is 12.4. The largest absolute Gasteiger partial charge is 0.325 e. The molecule has 1 amide bonds. The summed E-state index contributed by atoms with van der Waals surface area (Å²) in [5, 5.41) is 14.7. The van der Waals surface area contributed by atoms with Crippen LogP contribution in [-0.4, -0.2) is 31.4 Å². The van der Waals surface area contributed by atoms with E-state index in [1.165, 1.54) is 36.0 Å². The van der Waals surface area contributed by atoms with E-state index in [0.717, 1.165) is 16.8 Å². The third-order valence-corrected chi connectivity index (χ3v) is 4.89. The van der Waals surface area contributed by atoms with Crippen LogP contribution in [0.5, 0.6) is 0 Å². The Balaban J connectivity index is 1.76. The monoisotopic (exact) mass is 371 g/mol. The second-order valence-corrected chi connectivity index (χ2v) is 7.18. The number of nitrogens with one attached hydrogen (secondary N) is 1. The average molecular weight is 371 g/mol. The number of rotatable bonds is 5. The van der Waals surface area contributed by atoms with Crippen LogP contribution in [0.1, 0.15) is 18.1 Å². The van der Waals surface area contributed by atoms with Gasteiger partial charge in [0.25, 0.3) is 0 Å². The number of aromatic nitrogens is 4. The number of carbonyl (C=O) groups is 1. The van der Waals surface area contributed by atoms with Gasteiger partial charge in [0.2, 0.25) is 11.1 Å². The number of anilines is 1. The number of thioether (sulfide) groups is 1. The van der Waals surface area contributed by atoms with Gasteiger partial charge in [-0.25, -0.2) is 4.39 Å². The maximum absolute atomic E-state index is 13.0. The lowest BCUT2D eigenvalue weighted by Gasteiger charge is -2.13. The summed E-state index contributed by atoms with van der Waals surface area (Å²) >= 11 is 1.26. The molecule has 134 valence electrons. The van der Waals surface area contributed by atoms with Crippen LogP contribution < -0.4 is 5.32 Å². The van der Waals surface area contributed by atoms with Gasteiger partial charge in [0.15, 0.2) is 0 Å². The molecule has 0 unspecified atom stereocenters. The Kier molecular flexibility index (Phi) is 5.32. The van der Waals surface area contributed by atoms with Gasteiger partial charge in [-0.2, -0.15) is 4.68 Å². The normalized spacial score (nSPS) is 12.0. The van der Waals surface area contributed by atoms with Crippen molar-refractivity contribution in [1.29, 1.82) is 0 Å². The van der Waals surface area contributed by atoms with Gasteiger partial charge in [0, 0.05) is 5.69 Å². The minimum absolute atomic E-state index is 0.210. The van der Waals surface area contributed by atoms with Crippen molar-refractivity contribution in [2.24, 2.45) is 0 Å². The molecule has 26 heavy (non-hydrogen) atoms. The summed E-state index contributed by atoms with van der Waals surface area (Å²) in [6, 6.07) is 11.6. The van der Waals surface area contributed by atoms with Crippen molar-refractivity contribution in [2.75, 3.05) is 5.32 Å². The number of amides is 1. The van der Waals surface area contributed by atoms with E-state index >= 15 is 0 Å². The van der Waals surface area contributed by atoms with Crippen LogP contribution in [0.4, 0.5) is 10.1 Å². The van der Waals surface area contributed by atoms with Crippen molar-refractivity contribution >= 4 is 23.4 Å². The second-order valence-electron chi connectivity index (χ2n) is 5.87. The molecule has 1 atom stereocenters. The smallest absolute Gasteiger partial charge is 0.237 e. The van der Waals surface area contributed by atoms with Gasteiger partial charge >= 0.3 is 0 Å². The van der Waals surface area contributed by atoms with Crippen LogP contribution in [0.15, 0.2) is 47.6 Å². The fraction of sp³-hybridized carbons (Fsp3) is 0.222. The van der Waals surface area contributed by atoms with Crippen LogP contribution in [0.25, 0.3) is 5.69 Å². The topological polar surface area (TPSA) is 72.7 Å². The van der Waals surface area contributed by atoms with Crippen LogP contribution >= 0.6 is 11.8 Å². The summed E-state index contributed by atoms with van der Waals surface area (Å²) in [5.41, 5.74) is 3.54. The number of nitrogens with zero attached hydrogens (tertiary/aromatic N) is 4. The Labute approximate surface area is 154 Å². The maximum Gasteiger partial charge on any atom is 0.237 e. The molecule has 0 saturated carbocycles. The highest BCUT2D eigenvalue weighted by molar-refractivity contribution is 8.00. The van der Waals surface area contributed by atoms with Gasteiger partial charge in [-0.3, -0.25) is 4.79 Å².